The number of aromatic nitrogens is 3. The Morgan fingerprint density at radius 3 is 2.97 bits per heavy atom. The molecule has 0 aliphatic carbocycles. The van der Waals surface area contributed by atoms with E-state index in [1.165, 1.54) is 11.8 Å². The van der Waals surface area contributed by atoms with Crippen LogP contribution >= 0.6 is 11.8 Å². The van der Waals surface area contributed by atoms with Gasteiger partial charge >= 0.3 is 0 Å². The molecule has 0 fully saturated rings. The second-order valence-corrected chi connectivity index (χ2v) is 7.28. The summed E-state index contributed by atoms with van der Waals surface area (Å²) < 4.78 is 17.8. The minimum Gasteiger partial charge on any atom is -0.497 e. The summed E-state index contributed by atoms with van der Waals surface area (Å²) in [5.41, 5.74) is 1.52. The molecule has 1 N–H and O–H groups in total. The largest absolute Gasteiger partial charge is 0.497 e. The van der Waals surface area contributed by atoms with Crippen molar-refractivity contribution < 1.29 is 19.0 Å². The normalized spacial score (nSPS) is 11.9. The molecular weight excluding hydrogens is 404 g/mol. The molecule has 0 saturated carbocycles. The molecule has 8 nitrogen and oxygen atoms in total. The summed E-state index contributed by atoms with van der Waals surface area (Å²) in [7, 11) is 1.62. The van der Waals surface area contributed by atoms with Gasteiger partial charge in [0.2, 0.25) is 12.7 Å². The zero-order valence-electron chi connectivity index (χ0n) is 16.3. The molecule has 1 aliphatic heterocycles. The van der Waals surface area contributed by atoms with Gasteiger partial charge in [0.15, 0.2) is 22.5 Å². The summed E-state index contributed by atoms with van der Waals surface area (Å²) in [6.07, 6.45) is 1.77. The zero-order chi connectivity index (χ0) is 20.9. The first-order chi connectivity index (χ1) is 14.7. The van der Waals surface area contributed by atoms with Gasteiger partial charge in [-0.25, -0.2) is 0 Å². The van der Waals surface area contributed by atoms with Crippen LogP contribution in [0, 0.1) is 0 Å². The lowest BCUT2D eigenvalue weighted by Crippen LogP contribution is -2.14. The summed E-state index contributed by atoms with van der Waals surface area (Å²) in [5.74, 6) is 2.74. The molecule has 0 spiro atoms. The number of hydrogen-bond acceptors (Lipinski definition) is 7. The van der Waals surface area contributed by atoms with E-state index in [9.17, 15) is 4.79 Å². The number of nitrogens with one attached hydrogen (secondary N) is 1. The van der Waals surface area contributed by atoms with Crippen LogP contribution in [-0.2, 0) is 11.3 Å². The van der Waals surface area contributed by atoms with Crippen LogP contribution < -0.4 is 19.5 Å². The number of anilines is 1. The van der Waals surface area contributed by atoms with E-state index in [2.05, 4.69) is 22.1 Å². The number of hydrogen-bond donors (Lipinski definition) is 1. The maximum Gasteiger partial charge on any atom is 0.234 e. The molecule has 0 atom stereocenters. The van der Waals surface area contributed by atoms with Gasteiger partial charge in [-0.2, -0.15) is 0 Å². The average Bonchev–Trinajstić information content (AvgIpc) is 3.39. The Bertz CT molecular complexity index is 1080. The second-order valence-electron chi connectivity index (χ2n) is 6.34. The topological polar surface area (TPSA) is 87.5 Å². The lowest BCUT2D eigenvalue weighted by atomic mass is 10.2. The highest BCUT2D eigenvalue weighted by Crippen LogP contribution is 2.34. The van der Waals surface area contributed by atoms with Crippen LogP contribution in [-0.4, -0.2) is 40.3 Å². The summed E-state index contributed by atoms with van der Waals surface area (Å²) in [6.45, 7) is 4.52. The first-order valence-corrected chi connectivity index (χ1v) is 10.2. The lowest BCUT2D eigenvalue weighted by molar-refractivity contribution is -0.113. The van der Waals surface area contributed by atoms with Gasteiger partial charge in [-0.05, 0) is 24.3 Å². The number of rotatable bonds is 8. The molecule has 2 aromatic carbocycles. The van der Waals surface area contributed by atoms with Gasteiger partial charge in [0, 0.05) is 23.9 Å². The molecule has 0 bridgehead atoms. The minimum atomic E-state index is -0.157. The van der Waals surface area contributed by atoms with Gasteiger partial charge in [-0.1, -0.05) is 30.0 Å². The van der Waals surface area contributed by atoms with Crippen molar-refractivity contribution in [3.8, 4) is 28.6 Å². The van der Waals surface area contributed by atoms with Crippen molar-refractivity contribution in [2.75, 3.05) is 25.0 Å². The quantitative estimate of drug-likeness (QED) is 0.437. The average molecular weight is 424 g/mol. The predicted molar refractivity (Wildman–Crippen MR) is 114 cm³/mol. The van der Waals surface area contributed by atoms with E-state index in [4.69, 9.17) is 14.2 Å². The van der Waals surface area contributed by atoms with E-state index in [0.29, 0.717) is 34.7 Å². The third-order valence-corrected chi connectivity index (χ3v) is 5.31. The Morgan fingerprint density at radius 1 is 1.27 bits per heavy atom. The number of benzene rings is 2. The maximum absolute atomic E-state index is 12.4. The fourth-order valence-electron chi connectivity index (χ4n) is 2.97. The Kier molecular flexibility index (Phi) is 5.89. The van der Waals surface area contributed by atoms with Crippen LogP contribution in [0.2, 0.25) is 0 Å². The first-order valence-electron chi connectivity index (χ1n) is 9.19. The van der Waals surface area contributed by atoms with Gasteiger partial charge in [0.05, 0.1) is 12.9 Å². The zero-order valence-corrected chi connectivity index (χ0v) is 17.1. The van der Waals surface area contributed by atoms with E-state index in [-0.39, 0.29) is 18.5 Å². The number of methoxy groups -OCH3 is 1. The van der Waals surface area contributed by atoms with Crippen molar-refractivity contribution in [1.29, 1.82) is 0 Å². The number of ether oxygens (including phenoxy) is 3. The van der Waals surface area contributed by atoms with Crippen molar-refractivity contribution in [3.05, 3.63) is 55.1 Å². The van der Waals surface area contributed by atoms with Crippen molar-refractivity contribution in [2.45, 2.75) is 11.7 Å². The minimum absolute atomic E-state index is 0.157. The fourth-order valence-corrected chi connectivity index (χ4v) is 3.71. The van der Waals surface area contributed by atoms with Gasteiger partial charge in [0.25, 0.3) is 0 Å². The maximum atomic E-state index is 12.4. The van der Waals surface area contributed by atoms with Crippen LogP contribution in [0.4, 0.5) is 5.69 Å². The Labute approximate surface area is 177 Å². The number of fused-ring (bicyclic) bond motifs is 1. The predicted octanol–water partition coefficient (Wildman–Crippen LogP) is 3.60. The monoisotopic (exact) mass is 424 g/mol. The number of carbonyl (C=O) groups is 1. The Balaban J connectivity index is 1.45. The van der Waals surface area contributed by atoms with Gasteiger partial charge in [0.1, 0.15) is 5.75 Å². The smallest absolute Gasteiger partial charge is 0.234 e. The molecule has 0 unspecified atom stereocenters. The summed E-state index contributed by atoms with van der Waals surface area (Å²) in [5, 5.41) is 12.1. The van der Waals surface area contributed by atoms with Crippen molar-refractivity contribution in [3.63, 3.8) is 0 Å². The van der Waals surface area contributed by atoms with E-state index in [1.54, 1.807) is 31.4 Å². The Morgan fingerprint density at radius 2 is 2.13 bits per heavy atom. The molecule has 0 saturated heterocycles. The molecule has 2 heterocycles. The molecule has 1 aromatic heterocycles. The number of amides is 1. The van der Waals surface area contributed by atoms with E-state index >= 15 is 0 Å². The van der Waals surface area contributed by atoms with E-state index < -0.39 is 0 Å². The molecule has 4 rings (SSSR count). The summed E-state index contributed by atoms with van der Waals surface area (Å²) in [6, 6.07) is 12.9. The molecule has 0 radical (unpaired) electrons. The molecule has 9 heteroatoms. The summed E-state index contributed by atoms with van der Waals surface area (Å²) >= 11 is 1.31. The lowest BCUT2D eigenvalue weighted by Gasteiger charge is -2.09. The molecule has 30 heavy (non-hydrogen) atoms. The Hall–Kier alpha value is -3.46. The molecule has 1 amide bonds. The van der Waals surface area contributed by atoms with Crippen molar-refractivity contribution >= 4 is 23.4 Å². The first kappa shape index (κ1) is 19.8. The molecule has 3 aromatic rings. The van der Waals surface area contributed by atoms with Gasteiger partial charge in [-0.3, -0.25) is 9.36 Å². The van der Waals surface area contributed by atoms with Crippen molar-refractivity contribution in [1.82, 2.24) is 14.8 Å². The van der Waals surface area contributed by atoms with E-state index in [1.807, 2.05) is 28.8 Å². The number of carbonyl (C=O) groups excluding carboxylic acids is 1. The fraction of sp³-hybridized carbons (Fsp3) is 0.190. The van der Waals surface area contributed by atoms with Crippen molar-refractivity contribution in [2.24, 2.45) is 0 Å². The third kappa shape index (κ3) is 4.25. The van der Waals surface area contributed by atoms with Gasteiger partial charge in [-0.15, -0.1) is 16.8 Å². The van der Waals surface area contributed by atoms with Crippen LogP contribution in [0.5, 0.6) is 17.2 Å². The molecule has 1 aliphatic rings. The SMILES string of the molecule is C=CCn1c(SCC(=O)Nc2ccc3c(c2)OCO3)nnc1-c1cccc(OC)c1. The van der Waals surface area contributed by atoms with Crippen LogP contribution in [0.25, 0.3) is 11.4 Å². The second kappa shape index (κ2) is 8.91. The number of allylic oxidation sites excluding steroid dienone is 1. The van der Waals surface area contributed by atoms with Crippen LogP contribution in [0.1, 0.15) is 0 Å². The molecule has 154 valence electrons. The summed E-state index contributed by atoms with van der Waals surface area (Å²) in [4.78, 5) is 12.4. The number of thioether (sulfide) groups is 1. The standard InChI is InChI=1S/C21H20N4O4S/c1-3-9-25-20(14-5-4-6-16(10-14)27-2)23-24-21(25)30-12-19(26)22-15-7-8-17-18(11-15)29-13-28-17/h3-8,10-11H,1,9,12-13H2,2H3,(H,22,26). The van der Waals surface area contributed by atoms with Crippen LogP contribution in [0.3, 0.4) is 0 Å². The highest BCUT2D eigenvalue weighted by atomic mass is 32.2. The highest BCUT2D eigenvalue weighted by Gasteiger charge is 2.17. The highest BCUT2D eigenvalue weighted by molar-refractivity contribution is 7.99. The van der Waals surface area contributed by atoms with Gasteiger partial charge < -0.3 is 19.5 Å². The van der Waals surface area contributed by atoms with E-state index in [0.717, 1.165) is 11.3 Å². The number of nitrogens with zero attached hydrogens (tertiary/aromatic N) is 3. The third-order valence-electron chi connectivity index (χ3n) is 4.35. The molecular formula is C21H20N4O4S. The van der Waals surface area contributed by atoms with Crippen LogP contribution in [0.15, 0.2) is 60.3 Å².